The second-order valence-electron chi connectivity index (χ2n) is 11.8. The summed E-state index contributed by atoms with van der Waals surface area (Å²) in [4.78, 5) is 45.6. The summed E-state index contributed by atoms with van der Waals surface area (Å²) in [6.45, 7) is 8.86. The summed E-state index contributed by atoms with van der Waals surface area (Å²) < 4.78 is 10.9. The molecule has 2 fully saturated rings. The molecule has 10 heteroatoms. The molecule has 10 nitrogen and oxygen atoms in total. The maximum Gasteiger partial charge on any atom is 0.355 e. The van der Waals surface area contributed by atoms with Gasteiger partial charge in [-0.2, -0.15) is 0 Å². The fourth-order valence-corrected chi connectivity index (χ4v) is 5.42. The molecule has 0 bridgehead atoms. The molecular formula is C31H39N5O5. The summed E-state index contributed by atoms with van der Waals surface area (Å²) >= 11 is 0. The standard InChI is InChI=1S/C31H39N5O5/c1-31(2,3)41-30(39)27-18-23-25(33-27)5-4-6-26(23)34-29(38)24(32)17-20-7-9-22(10-8-20)36-14-13-35(19-28(36)37)21-11-15-40-16-12-21/h4-10,18,21,24,33H,11-17,19,32H2,1-3H3,(H,34,38)/t24-/m0/s1. The van der Waals surface area contributed by atoms with E-state index in [0.29, 0.717) is 47.8 Å². The van der Waals surface area contributed by atoms with Gasteiger partial charge in [0.25, 0.3) is 0 Å². The SMILES string of the molecule is CC(C)(C)OC(=O)c1cc2c(NC(=O)[C@@H](N)Cc3ccc(N4CCN(C5CCOCC5)CC4=O)cc3)cccc2[nH]1. The van der Waals surface area contributed by atoms with Gasteiger partial charge in [-0.25, -0.2) is 4.79 Å². The van der Waals surface area contributed by atoms with E-state index < -0.39 is 17.6 Å². The summed E-state index contributed by atoms with van der Waals surface area (Å²) in [5.74, 6) is -0.699. The lowest BCUT2D eigenvalue weighted by Gasteiger charge is -2.40. The van der Waals surface area contributed by atoms with Crippen LogP contribution in [0, 0.1) is 0 Å². The predicted octanol–water partition coefficient (Wildman–Crippen LogP) is 3.46. The van der Waals surface area contributed by atoms with Gasteiger partial charge in [0.05, 0.1) is 18.3 Å². The van der Waals surface area contributed by atoms with Crippen molar-refractivity contribution >= 4 is 40.1 Å². The van der Waals surface area contributed by atoms with Gasteiger partial charge in [0, 0.05) is 48.9 Å². The third-order valence-electron chi connectivity index (χ3n) is 7.54. The van der Waals surface area contributed by atoms with E-state index in [1.54, 1.807) is 18.2 Å². The Morgan fingerprint density at radius 3 is 2.54 bits per heavy atom. The Balaban J connectivity index is 1.18. The second kappa shape index (κ2) is 12.0. The zero-order valence-corrected chi connectivity index (χ0v) is 23.9. The molecule has 0 radical (unpaired) electrons. The van der Waals surface area contributed by atoms with Gasteiger partial charge < -0.3 is 30.4 Å². The number of amides is 2. The molecule has 3 heterocycles. The van der Waals surface area contributed by atoms with Crippen molar-refractivity contribution in [1.29, 1.82) is 0 Å². The molecule has 2 aliphatic heterocycles. The first-order valence-electron chi connectivity index (χ1n) is 14.2. The van der Waals surface area contributed by atoms with E-state index in [0.717, 1.165) is 43.9 Å². The van der Waals surface area contributed by atoms with Crippen LogP contribution in [0.25, 0.3) is 10.9 Å². The maximum atomic E-state index is 13.0. The lowest BCUT2D eigenvalue weighted by Crippen LogP contribution is -2.54. The maximum absolute atomic E-state index is 13.0. The van der Waals surface area contributed by atoms with Gasteiger partial charge in [0.2, 0.25) is 11.8 Å². The number of rotatable bonds is 7. The van der Waals surface area contributed by atoms with Crippen molar-refractivity contribution in [1.82, 2.24) is 9.88 Å². The van der Waals surface area contributed by atoms with Crippen LogP contribution in [0.1, 0.15) is 49.7 Å². The second-order valence-corrected chi connectivity index (χ2v) is 11.8. The molecule has 1 aromatic heterocycles. The molecule has 4 N–H and O–H groups in total. The molecule has 3 aromatic rings. The first kappa shape index (κ1) is 28.8. The molecule has 0 aliphatic carbocycles. The molecule has 2 aliphatic rings. The summed E-state index contributed by atoms with van der Waals surface area (Å²) in [6.07, 6.45) is 2.29. The number of nitrogens with zero attached hydrogens (tertiary/aromatic N) is 2. The number of carbonyl (C=O) groups excluding carboxylic acids is 3. The Bertz CT molecular complexity index is 1400. The van der Waals surface area contributed by atoms with Crippen molar-refractivity contribution in [3.63, 3.8) is 0 Å². The van der Waals surface area contributed by atoms with Gasteiger partial charge >= 0.3 is 5.97 Å². The van der Waals surface area contributed by atoms with Crippen LogP contribution in [0.3, 0.4) is 0 Å². The molecule has 41 heavy (non-hydrogen) atoms. The minimum atomic E-state index is -0.787. The molecule has 1 atom stereocenters. The topological polar surface area (TPSA) is 130 Å². The van der Waals surface area contributed by atoms with Crippen molar-refractivity contribution in [3.05, 3.63) is 59.8 Å². The average Bonchev–Trinajstić information content (AvgIpc) is 3.39. The monoisotopic (exact) mass is 561 g/mol. The number of H-pyrrole nitrogens is 1. The van der Waals surface area contributed by atoms with E-state index in [1.807, 2.05) is 56.0 Å². The van der Waals surface area contributed by atoms with E-state index in [4.69, 9.17) is 15.2 Å². The number of fused-ring (bicyclic) bond motifs is 1. The van der Waals surface area contributed by atoms with Gasteiger partial charge in [-0.3, -0.25) is 14.5 Å². The molecule has 2 aromatic carbocycles. The number of piperazine rings is 1. The Labute approximate surface area is 240 Å². The number of ether oxygens (including phenoxy) is 2. The van der Waals surface area contributed by atoms with E-state index in [1.165, 1.54) is 0 Å². The van der Waals surface area contributed by atoms with Crippen LogP contribution in [-0.4, -0.2) is 78.2 Å². The summed E-state index contributed by atoms with van der Waals surface area (Å²) in [7, 11) is 0. The highest BCUT2D eigenvalue weighted by molar-refractivity contribution is 6.05. The normalized spacial score (nSPS) is 18.0. The zero-order valence-electron chi connectivity index (χ0n) is 23.9. The van der Waals surface area contributed by atoms with E-state index in [-0.39, 0.29) is 11.8 Å². The van der Waals surface area contributed by atoms with Crippen molar-refractivity contribution < 1.29 is 23.9 Å². The molecular weight excluding hydrogens is 522 g/mol. The number of esters is 1. The van der Waals surface area contributed by atoms with Crippen LogP contribution in [0.5, 0.6) is 0 Å². The Hall–Kier alpha value is -3.73. The van der Waals surface area contributed by atoms with Gasteiger partial charge in [-0.1, -0.05) is 18.2 Å². The minimum Gasteiger partial charge on any atom is -0.455 e. The van der Waals surface area contributed by atoms with Gasteiger partial charge in [0.1, 0.15) is 11.3 Å². The van der Waals surface area contributed by atoms with Crippen LogP contribution in [-0.2, 0) is 25.5 Å². The number of nitrogens with two attached hydrogens (primary N) is 1. The largest absolute Gasteiger partial charge is 0.455 e. The summed E-state index contributed by atoms with van der Waals surface area (Å²) in [5, 5.41) is 3.60. The molecule has 0 saturated carbocycles. The highest BCUT2D eigenvalue weighted by atomic mass is 16.6. The van der Waals surface area contributed by atoms with E-state index >= 15 is 0 Å². The fourth-order valence-electron chi connectivity index (χ4n) is 5.42. The molecule has 0 spiro atoms. The number of hydrogen-bond donors (Lipinski definition) is 3. The third kappa shape index (κ3) is 6.95. The predicted molar refractivity (Wildman–Crippen MR) is 158 cm³/mol. The Morgan fingerprint density at radius 1 is 1.12 bits per heavy atom. The molecule has 2 saturated heterocycles. The van der Waals surface area contributed by atoms with E-state index in [2.05, 4.69) is 15.2 Å². The van der Waals surface area contributed by atoms with Gasteiger partial charge in [0.15, 0.2) is 0 Å². The van der Waals surface area contributed by atoms with Crippen molar-refractivity contribution in [2.45, 2.75) is 57.7 Å². The number of hydrogen-bond acceptors (Lipinski definition) is 7. The molecule has 5 rings (SSSR count). The highest BCUT2D eigenvalue weighted by Crippen LogP contribution is 2.26. The number of aromatic nitrogens is 1. The van der Waals surface area contributed by atoms with Crippen LogP contribution in [0.2, 0.25) is 0 Å². The fraction of sp³-hybridized carbons (Fsp3) is 0.452. The number of carbonyl (C=O) groups is 3. The first-order valence-corrected chi connectivity index (χ1v) is 14.2. The highest BCUT2D eigenvalue weighted by Gasteiger charge is 2.30. The van der Waals surface area contributed by atoms with Gasteiger partial charge in [-0.15, -0.1) is 0 Å². The first-order chi connectivity index (χ1) is 19.6. The summed E-state index contributed by atoms with van der Waals surface area (Å²) in [5.41, 5.74) is 8.98. The quantitative estimate of drug-likeness (QED) is 0.377. The minimum absolute atomic E-state index is 0.0975. The average molecular weight is 562 g/mol. The number of nitrogens with one attached hydrogen (secondary N) is 2. The van der Waals surface area contributed by atoms with Crippen molar-refractivity contribution in [2.75, 3.05) is 43.1 Å². The lowest BCUT2D eigenvalue weighted by atomic mass is 10.0. The number of anilines is 2. The smallest absolute Gasteiger partial charge is 0.355 e. The number of aromatic amines is 1. The third-order valence-corrected chi connectivity index (χ3v) is 7.54. The van der Waals surface area contributed by atoms with Gasteiger partial charge in [-0.05, 0) is 75.9 Å². The van der Waals surface area contributed by atoms with Crippen molar-refractivity contribution in [3.8, 4) is 0 Å². The Kier molecular flexibility index (Phi) is 8.44. The van der Waals surface area contributed by atoms with E-state index in [9.17, 15) is 14.4 Å². The zero-order chi connectivity index (χ0) is 29.1. The van der Waals surface area contributed by atoms with Crippen molar-refractivity contribution in [2.24, 2.45) is 5.73 Å². The summed E-state index contributed by atoms with van der Waals surface area (Å²) in [6, 6.07) is 14.4. The molecule has 218 valence electrons. The van der Waals surface area contributed by atoms with Crippen LogP contribution >= 0.6 is 0 Å². The van der Waals surface area contributed by atoms with Crippen LogP contribution in [0.15, 0.2) is 48.5 Å². The number of benzene rings is 2. The van der Waals surface area contributed by atoms with Crippen LogP contribution in [0.4, 0.5) is 11.4 Å². The molecule has 2 amide bonds. The van der Waals surface area contributed by atoms with Crippen LogP contribution < -0.4 is 16.0 Å². The lowest BCUT2D eigenvalue weighted by molar-refractivity contribution is -0.122. The molecule has 0 unspecified atom stereocenters. The Morgan fingerprint density at radius 2 is 1.85 bits per heavy atom.